The Kier molecular flexibility index (Phi) is 4.47. The van der Waals surface area contributed by atoms with E-state index in [4.69, 9.17) is 4.84 Å². The number of nitrogens with one attached hydrogen (secondary N) is 2. The molecule has 2 rings (SSSR count). The molecule has 0 spiro atoms. The number of hydrogen-bond acceptors (Lipinski definition) is 2. The summed E-state index contributed by atoms with van der Waals surface area (Å²) < 4.78 is 12.9. The van der Waals surface area contributed by atoms with E-state index in [9.17, 15) is 9.18 Å². The lowest BCUT2D eigenvalue weighted by atomic mass is 10.2. The van der Waals surface area contributed by atoms with Crippen LogP contribution in [0.5, 0.6) is 0 Å². The Morgan fingerprint density at radius 2 is 1.89 bits per heavy atom. The normalized spacial score (nSPS) is 9.95. The standard InChI is InChI=1S/C14H13FN2O2/c15-12-7-4-8-13(9-12)16-14(18)17-19-10-11-5-2-1-3-6-11/h1-9H,10H2,(H2,16,17,18). The van der Waals surface area contributed by atoms with Gasteiger partial charge in [0.2, 0.25) is 0 Å². The highest BCUT2D eigenvalue weighted by atomic mass is 19.1. The molecule has 2 N–H and O–H groups in total. The SMILES string of the molecule is O=C(NOCc1ccccc1)Nc1cccc(F)c1. The van der Waals surface area contributed by atoms with Gasteiger partial charge in [0.05, 0.1) is 6.61 Å². The van der Waals surface area contributed by atoms with Gasteiger partial charge in [-0.2, -0.15) is 0 Å². The Balaban J connectivity index is 1.76. The van der Waals surface area contributed by atoms with Crippen molar-refractivity contribution in [1.82, 2.24) is 5.48 Å². The second-order valence-electron chi connectivity index (χ2n) is 3.84. The lowest BCUT2D eigenvalue weighted by molar-refractivity contribution is 0.0536. The van der Waals surface area contributed by atoms with Gasteiger partial charge in [-0.1, -0.05) is 36.4 Å². The molecule has 4 nitrogen and oxygen atoms in total. The summed E-state index contributed by atoms with van der Waals surface area (Å²) in [6.07, 6.45) is 0. The van der Waals surface area contributed by atoms with Crippen molar-refractivity contribution in [1.29, 1.82) is 0 Å². The summed E-state index contributed by atoms with van der Waals surface area (Å²) in [7, 11) is 0. The molecule has 0 fully saturated rings. The van der Waals surface area contributed by atoms with Gasteiger partial charge in [-0.25, -0.2) is 14.7 Å². The molecule has 0 heterocycles. The molecule has 0 aliphatic rings. The number of amides is 2. The number of rotatable bonds is 4. The van der Waals surface area contributed by atoms with Crippen LogP contribution < -0.4 is 10.8 Å². The van der Waals surface area contributed by atoms with E-state index in [1.807, 2.05) is 30.3 Å². The molecule has 0 saturated carbocycles. The third-order valence-electron chi connectivity index (χ3n) is 2.33. The molecule has 19 heavy (non-hydrogen) atoms. The Labute approximate surface area is 110 Å². The minimum Gasteiger partial charge on any atom is -0.306 e. The predicted molar refractivity (Wildman–Crippen MR) is 69.8 cm³/mol. The molecule has 2 aromatic rings. The lowest BCUT2D eigenvalue weighted by Gasteiger charge is -2.07. The fraction of sp³-hybridized carbons (Fsp3) is 0.0714. The average molecular weight is 260 g/mol. The molecule has 0 aromatic heterocycles. The summed E-state index contributed by atoms with van der Waals surface area (Å²) in [5, 5.41) is 2.45. The number of halogens is 1. The van der Waals surface area contributed by atoms with Crippen LogP contribution in [0.25, 0.3) is 0 Å². The number of carbonyl (C=O) groups is 1. The first-order chi connectivity index (χ1) is 9.24. The van der Waals surface area contributed by atoms with E-state index < -0.39 is 11.8 Å². The Hall–Kier alpha value is -2.40. The fourth-order valence-corrected chi connectivity index (χ4v) is 1.48. The molecule has 0 unspecified atom stereocenters. The van der Waals surface area contributed by atoms with Crippen LogP contribution in [0.1, 0.15) is 5.56 Å². The third-order valence-corrected chi connectivity index (χ3v) is 2.33. The minimum atomic E-state index is -0.554. The van der Waals surface area contributed by atoms with Crippen LogP contribution in [0.3, 0.4) is 0 Å². The number of anilines is 1. The first-order valence-electron chi connectivity index (χ1n) is 5.72. The fourth-order valence-electron chi connectivity index (χ4n) is 1.48. The summed E-state index contributed by atoms with van der Waals surface area (Å²) in [6.45, 7) is 0.261. The largest absolute Gasteiger partial charge is 0.343 e. The van der Waals surface area contributed by atoms with Crippen molar-refractivity contribution >= 4 is 11.7 Å². The topological polar surface area (TPSA) is 50.4 Å². The molecule has 2 aromatic carbocycles. The van der Waals surface area contributed by atoms with E-state index >= 15 is 0 Å². The third kappa shape index (κ3) is 4.40. The first kappa shape index (κ1) is 13.0. The number of hydroxylamine groups is 1. The number of hydrogen-bond donors (Lipinski definition) is 2. The van der Waals surface area contributed by atoms with E-state index in [2.05, 4.69) is 10.8 Å². The van der Waals surface area contributed by atoms with Crippen LogP contribution in [0.2, 0.25) is 0 Å². The molecule has 98 valence electrons. The van der Waals surface area contributed by atoms with Crippen LogP contribution in [0.15, 0.2) is 54.6 Å². The maximum Gasteiger partial charge on any atom is 0.343 e. The van der Waals surface area contributed by atoms with Crippen molar-refractivity contribution in [3.05, 3.63) is 66.0 Å². The predicted octanol–water partition coefficient (Wildman–Crippen LogP) is 3.08. The summed E-state index contributed by atoms with van der Waals surface area (Å²) in [6, 6.07) is 14.5. The molecular weight excluding hydrogens is 247 g/mol. The zero-order valence-electron chi connectivity index (χ0n) is 10.1. The molecule has 0 atom stereocenters. The van der Waals surface area contributed by atoms with Crippen molar-refractivity contribution in [2.45, 2.75) is 6.61 Å². The summed E-state index contributed by atoms with van der Waals surface area (Å²) in [4.78, 5) is 16.5. The van der Waals surface area contributed by atoms with Gasteiger partial charge < -0.3 is 5.32 Å². The van der Waals surface area contributed by atoms with Crippen LogP contribution in [-0.4, -0.2) is 6.03 Å². The maximum absolute atomic E-state index is 12.9. The van der Waals surface area contributed by atoms with Crippen molar-refractivity contribution in [3.8, 4) is 0 Å². The Morgan fingerprint density at radius 1 is 1.11 bits per heavy atom. The first-order valence-corrected chi connectivity index (χ1v) is 5.72. The molecule has 0 radical (unpaired) electrons. The number of carbonyl (C=O) groups excluding carboxylic acids is 1. The highest BCUT2D eigenvalue weighted by Crippen LogP contribution is 2.08. The lowest BCUT2D eigenvalue weighted by Crippen LogP contribution is -2.28. The zero-order chi connectivity index (χ0) is 13.5. The quantitative estimate of drug-likeness (QED) is 0.830. The second-order valence-corrected chi connectivity index (χ2v) is 3.84. The van der Waals surface area contributed by atoms with Gasteiger partial charge in [0.25, 0.3) is 0 Å². The van der Waals surface area contributed by atoms with Crippen molar-refractivity contribution < 1.29 is 14.0 Å². The number of benzene rings is 2. The second kappa shape index (κ2) is 6.51. The molecule has 0 saturated heterocycles. The van der Waals surface area contributed by atoms with Crippen molar-refractivity contribution in [2.75, 3.05) is 5.32 Å². The molecule has 0 aliphatic carbocycles. The molecule has 5 heteroatoms. The molecule has 0 aliphatic heterocycles. The van der Waals surface area contributed by atoms with Gasteiger partial charge in [-0.05, 0) is 23.8 Å². The van der Waals surface area contributed by atoms with E-state index in [0.717, 1.165) is 5.56 Å². The highest BCUT2D eigenvalue weighted by Gasteiger charge is 2.02. The van der Waals surface area contributed by atoms with E-state index in [1.54, 1.807) is 6.07 Å². The van der Waals surface area contributed by atoms with Gasteiger partial charge in [0, 0.05) is 5.69 Å². The van der Waals surface area contributed by atoms with E-state index in [-0.39, 0.29) is 6.61 Å². The monoisotopic (exact) mass is 260 g/mol. The minimum absolute atomic E-state index is 0.261. The zero-order valence-corrected chi connectivity index (χ0v) is 10.1. The smallest absolute Gasteiger partial charge is 0.306 e. The Morgan fingerprint density at radius 3 is 2.63 bits per heavy atom. The van der Waals surface area contributed by atoms with E-state index in [1.165, 1.54) is 18.2 Å². The Bertz CT molecular complexity index is 546. The average Bonchev–Trinajstić information content (AvgIpc) is 2.40. The molecule has 2 amide bonds. The maximum atomic E-state index is 12.9. The van der Waals surface area contributed by atoms with Gasteiger partial charge in [-0.15, -0.1) is 0 Å². The molecular formula is C14H13FN2O2. The van der Waals surface area contributed by atoms with Crippen molar-refractivity contribution in [2.24, 2.45) is 0 Å². The van der Waals surface area contributed by atoms with Crippen LogP contribution >= 0.6 is 0 Å². The van der Waals surface area contributed by atoms with Crippen LogP contribution in [0.4, 0.5) is 14.9 Å². The van der Waals surface area contributed by atoms with Crippen LogP contribution in [0, 0.1) is 5.82 Å². The van der Waals surface area contributed by atoms with Gasteiger partial charge in [-0.3, -0.25) is 4.84 Å². The van der Waals surface area contributed by atoms with Gasteiger partial charge in [0.1, 0.15) is 5.82 Å². The highest BCUT2D eigenvalue weighted by molar-refractivity contribution is 5.88. The van der Waals surface area contributed by atoms with Crippen molar-refractivity contribution in [3.63, 3.8) is 0 Å². The summed E-state index contributed by atoms with van der Waals surface area (Å²) in [5.74, 6) is -0.414. The van der Waals surface area contributed by atoms with Crippen LogP contribution in [-0.2, 0) is 11.4 Å². The molecule has 0 bridgehead atoms. The van der Waals surface area contributed by atoms with E-state index in [0.29, 0.717) is 5.69 Å². The summed E-state index contributed by atoms with van der Waals surface area (Å²) in [5.41, 5.74) is 3.53. The van der Waals surface area contributed by atoms with Gasteiger partial charge in [0.15, 0.2) is 0 Å². The number of urea groups is 1. The van der Waals surface area contributed by atoms with Gasteiger partial charge >= 0.3 is 6.03 Å². The summed E-state index contributed by atoms with van der Waals surface area (Å²) >= 11 is 0.